The number of rotatable bonds is 4. The Hall–Kier alpha value is -1.03. The Morgan fingerprint density at radius 3 is 2.00 bits per heavy atom. The summed E-state index contributed by atoms with van der Waals surface area (Å²) in [5, 5.41) is 1.86. The summed E-state index contributed by atoms with van der Waals surface area (Å²) in [6, 6.07) is -0.682. The lowest BCUT2D eigenvalue weighted by atomic mass is 10.0. The lowest BCUT2D eigenvalue weighted by molar-refractivity contribution is -0.274. The van der Waals surface area contributed by atoms with E-state index < -0.39 is 30.2 Å². The second-order valence-electron chi connectivity index (χ2n) is 4.93. The molecule has 10 heteroatoms. The zero-order valence-corrected chi connectivity index (χ0v) is 11.1. The maximum atomic E-state index is 12.4. The maximum absolute atomic E-state index is 12.4. The highest BCUT2D eigenvalue weighted by Crippen LogP contribution is 2.39. The summed E-state index contributed by atoms with van der Waals surface area (Å²) in [5.74, 6) is -6.01. The quantitative estimate of drug-likeness (QED) is 0.767. The molecule has 0 atom stereocenters. The van der Waals surface area contributed by atoms with E-state index in [1.807, 2.05) is 10.2 Å². The predicted octanol–water partition coefficient (Wildman–Crippen LogP) is 1.27. The molecule has 21 heavy (non-hydrogen) atoms. The summed E-state index contributed by atoms with van der Waals surface area (Å²) in [6.45, 7) is 1.98. The SMILES string of the molecule is NCCN1CCC(NC(=O)C(C(F)(F)F)C(F)(F)F)CC1. The molecule has 0 aromatic heterocycles. The van der Waals surface area contributed by atoms with Crippen molar-refractivity contribution in [2.24, 2.45) is 11.7 Å². The minimum Gasteiger partial charge on any atom is -0.352 e. The van der Waals surface area contributed by atoms with Crippen LogP contribution in [-0.4, -0.2) is 55.4 Å². The van der Waals surface area contributed by atoms with Gasteiger partial charge in [0.15, 0.2) is 0 Å². The zero-order chi connectivity index (χ0) is 16.3. The van der Waals surface area contributed by atoms with Crippen molar-refractivity contribution in [3.05, 3.63) is 0 Å². The summed E-state index contributed by atoms with van der Waals surface area (Å²) < 4.78 is 74.3. The van der Waals surface area contributed by atoms with Crippen molar-refractivity contribution in [3.8, 4) is 0 Å². The first-order valence-electron chi connectivity index (χ1n) is 6.42. The second kappa shape index (κ2) is 6.82. The standard InChI is InChI=1S/C11H17F6N3O/c12-10(13,14)8(11(15,16)17)9(21)19-7-1-4-20(5-2-7)6-3-18/h7-8H,1-6,18H2,(H,19,21). The largest absolute Gasteiger partial charge is 0.409 e. The van der Waals surface area contributed by atoms with Crippen molar-refractivity contribution in [1.29, 1.82) is 0 Å². The summed E-state index contributed by atoms with van der Waals surface area (Å²) in [7, 11) is 0. The van der Waals surface area contributed by atoms with Gasteiger partial charge in [0.05, 0.1) is 0 Å². The lowest BCUT2D eigenvalue weighted by Gasteiger charge is -2.33. The number of alkyl halides is 6. The van der Waals surface area contributed by atoms with Gasteiger partial charge in [-0.2, -0.15) is 26.3 Å². The Morgan fingerprint density at radius 1 is 1.14 bits per heavy atom. The number of likely N-dealkylation sites (tertiary alicyclic amines) is 1. The van der Waals surface area contributed by atoms with Crippen LogP contribution in [0, 0.1) is 5.92 Å². The molecule has 1 amide bonds. The Labute approximate surface area is 117 Å². The molecule has 1 rings (SSSR count). The Balaban J connectivity index is 2.60. The van der Waals surface area contributed by atoms with Crippen molar-refractivity contribution in [2.75, 3.05) is 26.2 Å². The van der Waals surface area contributed by atoms with Crippen molar-refractivity contribution in [2.45, 2.75) is 31.2 Å². The average Bonchev–Trinajstić information content (AvgIpc) is 2.28. The molecule has 0 spiro atoms. The van der Waals surface area contributed by atoms with Gasteiger partial charge in [-0.25, -0.2) is 0 Å². The molecular formula is C11H17F6N3O. The molecule has 1 fully saturated rings. The smallest absolute Gasteiger partial charge is 0.352 e. The van der Waals surface area contributed by atoms with E-state index in [9.17, 15) is 31.1 Å². The van der Waals surface area contributed by atoms with E-state index in [0.717, 1.165) is 0 Å². The third-order valence-corrected chi connectivity index (χ3v) is 3.30. The number of nitrogens with two attached hydrogens (primary N) is 1. The summed E-state index contributed by atoms with van der Waals surface area (Å²) >= 11 is 0. The van der Waals surface area contributed by atoms with Gasteiger partial charge in [0, 0.05) is 32.2 Å². The molecule has 4 nitrogen and oxygen atoms in total. The first-order chi connectivity index (χ1) is 9.55. The summed E-state index contributed by atoms with van der Waals surface area (Å²) in [6.07, 6.45) is -10.7. The fourth-order valence-electron chi connectivity index (χ4n) is 2.25. The molecule has 0 aromatic carbocycles. The van der Waals surface area contributed by atoms with Crippen LogP contribution in [0.25, 0.3) is 0 Å². The van der Waals surface area contributed by atoms with E-state index in [0.29, 0.717) is 39.0 Å². The molecule has 3 N–H and O–H groups in total. The van der Waals surface area contributed by atoms with Gasteiger partial charge in [-0.1, -0.05) is 0 Å². The van der Waals surface area contributed by atoms with E-state index >= 15 is 0 Å². The zero-order valence-electron chi connectivity index (χ0n) is 11.1. The van der Waals surface area contributed by atoms with Gasteiger partial charge in [-0.05, 0) is 12.8 Å². The minimum atomic E-state index is -5.65. The normalized spacial score (nSPS) is 19.0. The molecule has 124 valence electrons. The second-order valence-corrected chi connectivity index (χ2v) is 4.93. The number of nitrogens with zero attached hydrogens (tertiary/aromatic N) is 1. The molecule has 1 aliphatic heterocycles. The molecule has 0 radical (unpaired) electrons. The molecule has 0 unspecified atom stereocenters. The fourth-order valence-corrected chi connectivity index (χ4v) is 2.25. The maximum Gasteiger partial charge on any atom is 0.409 e. The van der Waals surface area contributed by atoms with Crippen molar-refractivity contribution in [1.82, 2.24) is 10.2 Å². The van der Waals surface area contributed by atoms with Crippen molar-refractivity contribution in [3.63, 3.8) is 0 Å². The number of carbonyl (C=O) groups is 1. The molecule has 0 aromatic rings. The highest BCUT2D eigenvalue weighted by Gasteiger charge is 2.61. The van der Waals surface area contributed by atoms with Crippen LogP contribution in [0.5, 0.6) is 0 Å². The number of piperidine rings is 1. The van der Waals surface area contributed by atoms with Gasteiger partial charge < -0.3 is 16.0 Å². The third kappa shape index (κ3) is 5.34. The number of nitrogens with one attached hydrogen (secondary N) is 1. The fraction of sp³-hybridized carbons (Fsp3) is 0.909. The van der Waals surface area contributed by atoms with Gasteiger partial charge in [0.1, 0.15) is 0 Å². The highest BCUT2D eigenvalue weighted by atomic mass is 19.4. The number of carbonyl (C=O) groups excluding carboxylic acids is 1. The van der Waals surface area contributed by atoms with Crippen LogP contribution in [0.15, 0.2) is 0 Å². The van der Waals surface area contributed by atoms with Crippen LogP contribution in [0.4, 0.5) is 26.3 Å². The van der Waals surface area contributed by atoms with E-state index in [-0.39, 0.29) is 0 Å². The van der Waals surface area contributed by atoms with Crippen LogP contribution < -0.4 is 11.1 Å². The Kier molecular flexibility index (Phi) is 5.85. The third-order valence-electron chi connectivity index (χ3n) is 3.30. The summed E-state index contributed by atoms with van der Waals surface area (Å²) in [4.78, 5) is 13.3. The van der Waals surface area contributed by atoms with Crippen LogP contribution in [0.2, 0.25) is 0 Å². The lowest BCUT2D eigenvalue weighted by Crippen LogP contribution is -2.53. The number of hydrogen-bond donors (Lipinski definition) is 2. The van der Waals surface area contributed by atoms with Gasteiger partial charge in [-0.15, -0.1) is 0 Å². The van der Waals surface area contributed by atoms with Gasteiger partial charge in [0.25, 0.3) is 0 Å². The topological polar surface area (TPSA) is 58.4 Å². The van der Waals surface area contributed by atoms with Gasteiger partial charge >= 0.3 is 12.4 Å². The Bertz CT molecular complexity index is 335. The van der Waals surface area contributed by atoms with Crippen molar-refractivity contribution < 1.29 is 31.1 Å². The van der Waals surface area contributed by atoms with Crippen LogP contribution in [0.1, 0.15) is 12.8 Å². The van der Waals surface area contributed by atoms with E-state index in [4.69, 9.17) is 5.73 Å². The molecule has 0 bridgehead atoms. The molecule has 0 aliphatic carbocycles. The first-order valence-corrected chi connectivity index (χ1v) is 6.42. The van der Waals surface area contributed by atoms with E-state index in [2.05, 4.69) is 0 Å². The van der Waals surface area contributed by atoms with Crippen LogP contribution in [-0.2, 0) is 4.79 Å². The average molecular weight is 321 g/mol. The molecule has 1 aliphatic rings. The monoisotopic (exact) mass is 321 g/mol. The number of halogens is 6. The van der Waals surface area contributed by atoms with Crippen molar-refractivity contribution >= 4 is 5.91 Å². The summed E-state index contributed by atoms with van der Waals surface area (Å²) in [5.41, 5.74) is 5.35. The predicted molar refractivity (Wildman–Crippen MR) is 62.3 cm³/mol. The number of amides is 1. The molecular weight excluding hydrogens is 304 g/mol. The minimum absolute atomic E-state index is 0.300. The van der Waals surface area contributed by atoms with Gasteiger partial charge in [0.2, 0.25) is 11.8 Å². The molecule has 1 heterocycles. The molecule has 0 saturated carbocycles. The highest BCUT2D eigenvalue weighted by molar-refractivity contribution is 5.80. The van der Waals surface area contributed by atoms with E-state index in [1.165, 1.54) is 0 Å². The van der Waals surface area contributed by atoms with E-state index in [1.54, 1.807) is 0 Å². The number of hydrogen-bond acceptors (Lipinski definition) is 3. The van der Waals surface area contributed by atoms with Gasteiger partial charge in [-0.3, -0.25) is 4.79 Å². The Morgan fingerprint density at radius 2 is 1.62 bits per heavy atom. The first kappa shape index (κ1) is 18.0. The molecule has 1 saturated heterocycles. The van der Waals surface area contributed by atoms with Crippen LogP contribution in [0.3, 0.4) is 0 Å². The van der Waals surface area contributed by atoms with Crippen LogP contribution >= 0.6 is 0 Å².